The zero-order valence-electron chi connectivity index (χ0n) is 14.0. The van der Waals surface area contributed by atoms with E-state index in [0.29, 0.717) is 25.1 Å². The Morgan fingerprint density at radius 1 is 1.15 bits per heavy atom. The third-order valence-electron chi connectivity index (χ3n) is 4.30. The van der Waals surface area contributed by atoms with Gasteiger partial charge in [-0.1, -0.05) is 12.1 Å². The summed E-state index contributed by atoms with van der Waals surface area (Å²) in [6, 6.07) is 10.9. The number of nitrogens with zero attached hydrogens (tertiary/aromatic N) is 1. The number of urea groups is 1. The van der Waals surface area contributed by atoms with E-state index in [1.54, 1.807) is 17.0 Å². The minimum absolute atomic E-state index is 0.206. The fraction of sp³-hybridized carbons (Fsp3) is 0.263. The number of amides is 3. The van der Waals surface area contributed by atoms with Crippen molar-refractivity contribution < 1.29 is 18.4 Å². The maximum atomic E-state index is 13.4. The Bertz CT molecular complexity index is 796. The maximum absolute atomic E-state index is 13.4. The van der Waals surface area contributed by atoms with Crippen molar-refractivity contribution in [3.05, 3.63) is 71.3 Å². The molecule has 1 fully saturated rings. The molecule has 26 heavy (non-hydrogen) atoms. The highest BCUT2D eigenvalue weighted by atomic mass is 19.1. The molecule has 136 valence electrons. The molecule has 3 amide bonds. The first kappa shape index (κ1) is 17.8. The normalized spacial score (nSPS) is 14.8. The van der Waals surface area contributed by atoms with E-state index >= 15 is 0 Å². The van der Waals surface area contributed by atoms with E-state index in [2.05, 4.69) is 10.6 Å². The van der Waals surface area contributed by atoms with Crippen LogP contribution in [0.1, 0.15) is 15.9 Å². The monoisotopic (exact) mass is 359 g/mol. The lowest BCUT2D eigenvalue weighted by Crippen LogP contribution is -2.46. The van der Waals surface area contributed by atoms with Gasteiger partial charge in [0.2, 0.25) is 0 Å². The average Bonchev–Trinajstić information content (AvgIpc) is 3.05. The fourth-order valence-electron chi connectivity index (χ4n) is 2.98. The molecule has 0 spiro atoms. The van der Waals surface area contributed by atoms with Crippen LogP contribution in [0.25, 0.3) is 0 Å². The van der Waals surface area contributed by atoms with Gasteiger partial charge in [-0.15, -0.1) is 0 Å². The van der Waals surface area contributed by atoms with Crippen LogP contribution < -0.4 is 10.6 Å². The summed E-state index contributed by atoms with van der Waals surface area (Å²) in [6.07, 6.45) is 0.412. The van der Waals surface area contributed by atoms with Crippen LogP contribution in [0.3, 0.4) is 0 Å². The lowest BCUT2D eigenvalue weighted by Gasteiger charge is -2.27. The third kappa shape index (κ3) is 4.36. The molecule has 3 rings (SSSR count). The molecule has 2 aromatic rings. The molecule has 1 aliphatic rings. The number of rotatable bonds is 6. The molecule has 0 aliphatic carbocycles. The Morgan fingerprint density at radius 3 is 2.58 bits per heavy atom. The minimum Gasteiger partial charge on any atom is -0.350 e. The zero-order valence-corrected chi connectivity index (χ0v) is 14.0. The highest BCUT2D eigenvalue weighted by Crippen LogP contribution is 2.13. The van der Waals surface area contributed by atoms with Gasteiger partial charge in [0.05, 0.1) is 6.04 Å². The zero-order chi connectivity index (χ0) is 18.5. The van der Waals surface area contributed by atoms with Gasteiger partial charge >= 0.3 is 6.03 Å². The predicted octanol–water partition coefficient (Wildman–Crippen LogP) is 2.33. The van der Waals surface area contributed by atoms with Crippen LogP contribution in [0.4, 0.5) is 13.6 Å². The van der Waals surface area contributed by atoms with E-state index in [-0.39, 0.29) is 30.3 Å². The standard InChI is InChI=1S/C19H19F2N3O2/c20-15-6-4-14(5-7-15)18(25)23-12-17(24-9-8-22-19(24)26)11-13-2-1-3-16(21)10-13/h1-7,10,17H,8-9,11-12H2,(H,22,26)(H,23,25)/t17-/m1/s1. The van der Waals surface area contributed by atoms with Crippen LogP contribution in [-0.4, -0.2) is 42.5 Å². The molecular formula is C19H19F2N3O2. The highest BCUT2D eigenvalue weighted by Gasteiger charge is 2.28. The van der Waals surface area contributed by atoms with Gasteiger partial charge in [0, 0.05) is 25.2 Å². The van der Waals surface area contributed by atoms with E-state index in [0.717, 1.165) is 5.56 Å². The van der Waals surface area contributed by atoms with Crippen molar-refractivity contribution in [2.75, 3.05) is 19.6 Å². The fourth-order valence-corrected chi connectivity index (χ4v) is 2.98. The van der Waals surface area contributed by atoms with Gasteiger partial charge in [0.1, 0.15) is 11.6 Å². The molecular weight excluding hydrogens is 340 g/mol. The summed E-state index contributed by atoms with van der Waals surface area (Å²) >= 11 is 0. The molecule has 7 heteroatoms. The number of nitrogens with one attached hydrogen (secondary N) is 2. The second-order valence-corrected chi connectivity index (χ2v) is 6.13. The first-order valence-corrected chi connectivity index (χ1v) is 8.35. The second kappa shape index (κ2) is 7.95. The highest BCUT2D eigenvalue weighted by molar-refractivity contribution is 5.94. The number of carbonyl (C=O) groups is 2. The predicted molar refractivity (Wildman–Crippen MR) is 92.7 cm³/mol. The van der Waals surface area contributed by atoms with Crippen LogP contribution in [0.2, 0.25) is 0 Å². The summed E-state index contributed by atoms with van der Waals surface area (Å²) in [5.41, 5.74) is 1.08. The summed E-state index contributed by atoms with van der Waals surface area (Å²) in [7, 11) is 0. The molecule has 0 unspecified atom stereocenters. The van der Waals surface area contributed by atoms with E-state index in [4.69, 9.17) is 0 Å². The van der Waals surface area contributed by atoms with Crippen LogP contribution in [-0.2, 0) is 6.42 Å². The van der Waals surface area contributed by atoms with Crippen molar-refractivity contribution >= 4 is 11.9 Å². The van der Waals surface area contributed by atoms with Gasteiger partial charge in [-0.05, 0) is 48.4 Å². The van der Waals surface area contributed by atoms with Crippen molar-refractivity contribution in [2.45, 2.75) is 12.5 Å². The van der Waals surface area contributed by atoms with Gasteiger partial charge in [0.25, 0.3) is 5.91 Å². The molecule has 2 N–H and O–H groups in total. The Hall–Kier alpha value is -2.96. The SMILES string of the molecule is O=C(NC[C@@H](Cc1cccc(F)c1)N1CCNC1=O)c1ccc(F)cc1. The van der Waals surface area contributed by atoms with Crippen molar-refractivity contribution in [1.29, 1.82) is 0 Å². The molecule has 1 saturated heterocycles. The van der Waals surface area contributed by atoms with E-state index < -0.39 is 5.82 Å². The van der Waals surface area contributed by atoms with Crippen molar-refractivity contribution in [3.63, 3.8) is 0 Å². The quantitative estimate of drug-likeness (QED) is 0.832. The minimum atomic E-state index is -0.417. The number of benzene rings is 2. The van der Waals surface area contributed by atoms with Crippen molar-refractivity contribution in [2.24, 2.45) is 0 Å². The number of carbonyl (C=O) groups excluding carboxylic acids is 2. The van der Waals surface area contributed by atoms with Crippen LogP contribution in [0, 0.1) is 11.6 Å². The lowest BCUT2D eigenvalue weighted by molar-refractivity contribution is 0.0940. The molecule has 1 aliphatic heterocycles. The topological polar surface area (TPSA) is 61.4 Å². The summed E-state index contributed by atoms with van der Waals surface area (Å²) < 4.78 is 26.4. The molecule has 0 bridgehead atoms. The van der Waals surface area contributed by atoms with Crippen molar-refractivity contribution in [1.82, 2.24) is 15.5 Å². The first-order chi connectivity index (χ1) is 12.5. The molecule has 1 atom stereocenters. The molecule has 0 radical (unpaired) electrons. The average molecular weight is 359 g/mol. The van der Waals surface area contributed by atoms with Gasteiger partial charge in [0.15, 0.2) is 0 Å². The summed E-state index contributed by atoms with van der Waals surface area (Å²) in [6.45, 7) is 1.26. The van der Waals surface area contributed by atoms with Gasteiger partial charge in [-0.25, -0.2) is 13.6 Å². The second-order valence-electron chi connectivity index (χ2n) is 6.13. The van der Waals surface area contributed by atoms with Crippen LogP contribution >= 0.6 is 0 Å². The Labute approximate surface area is 150 Å². The van der Waals surface area contributed by atoms with Gasteiger partial charge < -0.3 is 15.5 Å². The van der Waals surface area contributed by atoms with Crippen LogP contribution in [0.15, 0.2) is 48.5 Å². The van der Waals surface area contributed by atoms with E-state index in [9.17, 15) is 18.4 Å². The number of halogens is 2. The Kier molecular flexibility index (Phi) is 5.46. The maximum Gasteiger partial charge on any atom is 0.317 e. The molecule has 0 aromatic heterocycles. The number of hydrogen-bond acceptors (Lipinski definition) is 2. The Balaban J connectivity index is 1.70. The number of hydrogen-bond donors (Lipinski definition) is 2. The molecule has 1 heterocycles. The van der Waals surface area contributed by atoms with Gasteiger partial charge in [-0.3, -0.25) is 4.79 Å². The smallest absolute Gasteiger partial charge is 0.317 e. The summed E-state index contributed by atoms with van der Waals surface area (Å²) in [5.74, 6) is -1.12. The van der Waals surface area contributed by atoms with E-state index in [1.807, 2.05) is 0 Å². The molecule has 0 saturated carbocycles. The molecule has 2 aromatic carbocycles. The molecule has 5 nitrogen and oxygen atoms in total. The largest absolute Gasteiger partial charge is 0.350 e. The van der Waals surface area contributed by atoms with E-state index in [1.165, 1.54) is 36.4 Å². The Morgan fingerprint density at radius 2 is 1.92 bits per heavy atom. The summed E-state index contributed by atoms with van der Waals surface area (Å²) in [4.78, 5) is 25.9. The first-order valence-electron chi connectivity index (χ1n) is 8.35. The summed E-state index contributed by atoms with van der Waals surface area (Å²) in [5, 5.41) is 5.51. The van der Waals surface area contributed by atoms with Crippen LogP contribution in [0.5, 0.6) is 0 Å². The third-order valence-corrected chi connectivity index (χ3v) is 4.30. The lowest BCUT2D eigenvalue weighted by atomic mass is 10.0. The van der Waals surface area contributed by atoms with Gasteiger partial charge in [-0.2, -0.15) is 0 Å². The van der Waals surface area contributed by atoms with Crippen molar-refractivity contribution in [3.8, 4) is 0 Å².